The van der Waals surface area contributed by atoms with Gasteiger partial charge in [0.2, 0.25) is 0 Å². The molecule has 0 aliphatic carbocycles. The van der Waals surface area contributed by atoms with E-state index in [-0.39, 0.29) is 5.91 Å². The Bertz CT molecular complexity index is 557. The minimum absolute atomic E-state index is 0.146. The summed E-state index contributed by atoms with van der Waals surface area (Å²) in [7, 11) is 0. The molecule has 3 heterocycles. The lowest BCUT2D eigenvalue weighted by Gasteiger charge is -2.35. The van der Waals surface area contributed by atoms with Gasteiger partial charge in [-0.1, -0.05) is 18.5 Å². The molecule has 0 radical (unpaired) electrons. The maximum atomic E-state index is 12.2. The smallest absolute Gasteiger partial charge is 0.273 e. The van der Waals surface area contributed by atoms with Crippen LogP contribution in [0.25, 0.3) is 0 Å². The molecule has 1 amide bonds. The number of carbonyl (C=O) groups is 1. The second-order valence-electron chi connectivity index (χ2n) is 7.27. The highest BCUT2D eigenvalue weighted by atomic mass is 16.5. The Morgan fingerprint density at radius 2 is 2.15 bits per heavy atom. The van der Waals surface area contributed by atoms with Gasteiger partial charge in [0.05, 0.1) is 19.8 Å². The lowest BCUT2D eigenvalue weighted by atomic mass is 10.00. The van der Waals surface area contributed by atoms with Crippen LogP contribution in [0.1, 0.15) is 55.3 Å². The molecule has 0 unspecified atom stereocenters. The first-order chi connectivity index (χ1) is 12.8. The standard InChI is InChI=1S/C19H32N4O3/c1-2-16-6-3-4-8-23(16)9-5-7-20-19(24)18-14-17(26-21-18)15-22-10-12-25-13-11-22/h14,16H,2-13,15H2,1H3,(H,20,24)/t16-/m0/s1. The molecule has 2 aliphatic heterocycles. The van der Waals surface area contributed by atoms with Gasteiger partial charge < -0.3 is 19.5 Å². The number of ether oxygens (including phenoxy) is 1. The summed E-state index contributed by atoms with van der Waals surface area (Å²) in [5.74, 6) is 0.587. The molecule has 0 spiro atoms. The van der Waals surface area contributed by atoms with Crippen molar-refractivity contribution in [1.82, 2.24) is 20.3 Å². The highest BCUT2D eigenvalue weighted by Crippen LogP contribution is 2.19. The van der Waals surface area contributed by atoms with E-state index in [0.717, 1.165) is 51.1 Å². The van der Waals surface area contributed by atoms with Crippen molar-refractivity contribution in [3.05, 3.63) is 17.5 Å². The zero-order valence-corrected chi connectivity index (χ0v) is 15.9. The number of nitrogens with one attached hydrogen (secondary N) is 1. The van der Waals surface area contributed by atoms with Crippen LogP contribution in [0.2, 0.25) is 0 Å². The average molecular weight is 364 g/mol. The molecule has 2 fully saturated rings. The van der Waals surface area contributed by atoms with Crippen molar-refractivity contribution >= 4 is 5.91 Å². The summed E-state index contributed by atoms with van der Waals surface area (Å²) >= 11 is 0. The van der Waals surface area contributed by atoms with Crippen LogP contribution >= 0.6 is 0 Å². The third-order valence-corrected chi connectivity index (χ3v) is 5.40. The second kappa shape index (κ2) is 10.0. The Kier molecular flexibility index (Phi) is 7.46. The average Bonchev–Trinajstić information content (AvgIpc) is 3.15. The largest absolute Gasteiger partial charge is 0.379 e. The molecule has 1 aromatic rings. The molecular formula is C19H32N4O3. The van der Waals surface area contributed by atoms with Crippen LogP contribution in [0.4, 0.5) is 0 Å². The lowest BCUT2D eigenvalue weighted by Crippen LogP contribution is -2.40. The van der Waals surface area contributed by atoms with Gasteiger partial charge in [0, 0.05) is 38.3 Å². The molecule has 3 rings (SSSR count). The molecule has 7 nitrogen and oxygen atoms in total. The molecule has 0 aromatic carbocycles. The van der Waals surface area contributed by atoms with E-state index >= 15 is 0 Å². The van der Waals surface area contributed by atoms with E-state index in [2.05, 4.69) is 27.2 Å². The predicted molar refractivity (Wildman–Crippen MR) is 99.1 cm³/mol. The highest BCUT2D eigenvalue weighted by Gasteiger charge is 2.20. The van der Waals surface area contributed by atoms with Crippen LogP contribution in [0.3, 0.4) is 0 Å². The van der Waals surface area contributed by atoms with Crippen LogP contribution in [0.15, 0.2) is 10.6 Å². The van der Waals surface area contributed by atoms with Crippen molar-refractivity contribution in [2.75, 3.05) is 45.9 Å². The third kappa shape index (κ3) is 5.53. The summed E-state index contributed by atoms with van der Waals surface area (Å²) in [5.41, 5.74) is 0.373. The van der Waals surface area contributed by atoms with Gasteiger partial charge in [-0.25, -0.2) is 0 Å². The Balaban J connectivity index is 1.37. The minimum Gasteiger partial charge on any atom is -0.379 e. The Hall–Kier alpha value is -1.44. The Morgan fingerprint density at radius 3 is 2.96 bits per heavy atom. The summed E-state index contributed by atoms with van der Waals surface area (Å²) in [6.07, 6.45) is 6.16. The number of piperidine rings is 1. The van der Waals surface area contributed by atoms with Gasteiger partial charge in [0.15, 0.2) is 11.5 Å². The van der Waals surface area contributed by atoms with Crippen LogP contribution in [0.5, 0.6) is 0 Å². The van der Waals surface area contributed by atoms with E-state index in [1.165, 1.54) is 32.2 Å². The third-order valence-electron chi connectivity index (χ3n) is 5.40. The molecule has 2 saturated heterocycles. The summed E-state index contributed by atoms with van der Waals surface area (Å²) < 4.78 is 10.7. The summed E-state index contributed by atoms with van der Waals surface area (Å²) in [4.78, 5) is 17.1. The molecule has 2 aliphatic rings. The first-order valence-corrected chi connectivity index (χ1v) is 10.0. The molecule has 26 heavy (non-hydrogen) atoms. The minimum atomic E-state index is -0.146. The van der Waals surface area contributed by atoms with E-state index in [4.69, 9.17) is 9.26 Å². The second-order valence-corrected chi connectivity index (χ2v) is 7.27. The fourth-order valence-electron chi connectivity index (χ4n) is 3.87. The Labute approximate surface area is 156 Å². The maximum Gasteiger partial charge on any atom is 0.273 e. The molecular weight excluding hydrogens is 332 g/mol. The number of carbonyl (C=O) groups excluding carboxylic acids is 1. The number of morpholine rings is 1. The van der Waals surface area contributed by atoms with E-state index < -0.39 is 0 Å². The van der Waals surface area contributed by atoms with Crippen LogP contribution in [-0.2, 0) is 11.3 Å². The van der Waals surface area contributed by atoms with Crippen LogP contribution in [0, 0.1) is 0 Å². The number of rotatable bonds is 8. The van der Waals surface area contributed by atoms with Gasteiger partial charge >= 0.3 is 0 Å². The van der Waals surface area contributed by atoms with Gasteiger partial charge in [0.25, 0.3) is 5.91 Å². The van der Waals surface area contributed by atoms with Crippen molar-refractivity contribution in [3.63, 3.8) is 0 Å². The number of hydrogen-bond acceptors (Lipinski definition) is 6. The predicted octanol–water partition coefficient (Wildman–Crippen LogP) is 1.89. The molecule has 1 N–H and O–H groups in total. The zero-order valence-electron chi connectivity index (χ0n) is 15.9. The highest BCUT2D eigenvalue weighted by molar-refractivity contribution is 5.92. The van der Waals surface area contributed by atoms with Gasteiger partial charge in [-0.2, -0.15) is 0 Å². The van der Waals surface area contributed by atoms with Gasteiger partial charge in [-0.15, -0.1) is 0 Å². The van der Waals surface area contributed by atoms with Gasteiger partial charge in [0.1, 0.15) is 0 Å². The van der Waals surface area contributed by atoms with E-state index in [0.29, 0.717) is 18.8 Å². The SMILES string of the molecule is CC[C@H]1CCCCN1CCCNC(=O)c1cc(CN2CCOCC2)on1. The molecule has 0 saturated carbocycles. The van der Waals surface area contributed by atoms with E-state index in [9.17, 15) is 4.79 Å². The molecule has 1 aromatic heterocycles. The van der Waals surface area contributed by atoms with E-state index in [1.54, 1.807) is 6.07 Å². The van der Waals surface area contributed by atoms with Crippen LogP contribution in [-0.4, -0.2) is 72.8 Å². The Morgan fingerprint density at radius 1 is 1.31 bits per heavy atom. The van der Waals surface area contributed by atoms with Gasteiger partial charge in [-0.3, -0.25) is 9.69 Å². The van der Waals surface area contributed by atoms with Crippen molar-refractivity contribution in [1.29, 1.82) is 0 Å². The molecule has 1 atom stereocenters. The van der Waals surface area contributed by atoms with E-state index in [1.807, 2.05) is 0 Å². The monoisotopic (exact) mass is 364 g/mol. The normalized spacial score (nSPS) is 22.4. The molecule has 7 heteroatoms. The summed E-state index contributed by atoms with van der Waals surface area (Å²) in [6, 6.07) is 2.47. The first-order valence-electron chi connectivity index (χ1n) is 10.0. The van der Waals surface area contributed by atoms with Crippen molar-refractivity contribution in [3.8, 4) is 0 Å². The first kappa shape index (κ1) is 19.3. The molecule has 146 valence electrons. The van der Waals surface area contributed by atoms with Gasteiger partial charge in [-0.05, 0) is 32.2 Å². The van der Waals surface area contributed by atoms with Crippen molar-refractivity contribution in [2.45, 2.75) is 51.6 Å². The number of likely N-dealkylation sites (tertiary alicyclic amines) is 1. The quantitative estimate of drug-likeness (QED) is 0.711. The fourth-order valence-corrected chi connectivity index (χ4v) is 3.87. The number of hydrogen-bond donors (Lipinski definition) is 1. The number of aromatic nitrogens is 1. The number of amides is 1. The molecule has 0 bridgehead atoms. The zero-order chi connectivity index (χ0) is 18.2. The van der Waals surface area contributed by atoms with Crippen LogP contribution < -0.4 is 5.32 Å². The maximum absolute atomic E-state index is 12.2. The lowest BCUT2D eigenvalue weighted by molar-refractivity contribution is 0.0305. The summed E-state index contributed by atoms with van der Waals surface area (Å²) in [5, 5.41) is 6.89. The fraction of sp³-hybridized carbons (Fsp3) is 0.789. The topological polar surface area (TPSA) is 70.8 Å². The summed E-state index contributed by atoms with van der Waals surface area (Å²) in [6.45, 7) is 9.14. The van der Waals surface area contributed by atoms with Crippen molar-refractivity contribution < 1.29 is 14.1 Å². The van der Waals surface area contributed by atoms with Crippen molar-refractivity contribution in [2.24, 2.45) is 0 Å². The number of nitrogens with zero attached hydrogens (tertiary/aromatic N) is 3.